The minimum absolute atomic E-state index is 0.359. The second-order valence-corrected chi connectivity index (χ2v) is 4.85. The first kappa shape index (κ1) is 16.8. The van der Waals surface area contributed by atoms with Gasteiger partial charge in [-0.1, -0.05) is 40.7 Å². The second kappa shape index (κ2) is 8.80. The highest BCUT2D eigenvalue weighted by atomic mass is 35.5. The molecule has 2 N–H and O–H groups in total. The molecule has 0 saturated heterocycles. The topological polar surface area (TPSA) is 45.7 Å². The Labute approximate surface area is 133 Å². The van der Waals surface area contributed by atoms with Gasteiger partial charge in [-0.25, -0.2) is 0 Å². The van der Waals surface area contributed by atoms with Crippen LogP contribution in [0.3, 0.4) is 0 Å². The van der Waals surface area contributed by atoms with Crippen LogP contribution >= 0.6 is 34.8 Å². The molecule has 0 radical (unpaired) electrons. The Bertz CT molecular complexity index is 503. The fourth-order valence-electron chi connectivity index (χ4n) is 1.34. The maximum Gasteiger partial charge on any atom is 0.191 e. The summed E-state index contributed by atoms with van der Waals surface area (Å²) in [6.45, 7) is 1.27. The van der Waals surface area contributed by atoms with Crippen LogP contribution in [0.5, 0.6) is 5.75 Å². The zero-order chi connectivity index (χ0) is 15.0. The molecule has 0 spiro atoms. The number of nitrogens with zero attached hydrogens (tertiary/aromatic N) is 1. The highest BCUT2D eigenvalue weighted by molar-refractivity contribution is 6.40. The van der Waals surface area contributed by atoms with Crippen molar-refractivity contribution in [3.05, 3.63) is 27.2 Å². The highest BCUT2D eigenvalue weighted by Crippen LogP contribution is 2.35. The molecule has 1 aromatic carbocycles. The van der Waals surface area contributed by atoms with Gasteiger partial charge < -0.3 is 15.4 Å². The fourth-order valence-corrected chi connectivity index (χ4v) is 2.27. The van der Waals surface area contributed by atoms with Crippen molar-refractivity contribution in [1.82, 2.24) is 10.6 Å². The monoisotopic (exact) mass is 333 g/mol. The van der Waals surface area contributed by atoms with Gasteiger partial charge in [0, 0.05) is 12.1 Å². The fraction of sp³-hybridized carbons (Fsp3) is 0.308. The predicted octanol–water partition coefficient (Wildman–Crippen LogP) is 2.82. The van der Waals surface area contributed by atoms with Crippen molar-refractivity contribution in [2.24, 2.45) is 4.99 Å². The van der Waals surface area contributed by atoms with Crippen molar-refractivity contribution in [2.45, 2.75) is 0 Å². The Morgan fingerprint density at radius 3 is 2.50 bits per heavy atom. The van der Waals surface area contributed by atoms with Crippen molar-refractivity contribution in [3.8, 4) is 18.1 Å². The van der Waals surface area contributed by atoms with E-state index in [0.29, 0.717) is 46.5 Å². The van der Waals surface area contributed by atoms with Gasteiger partial charge >= 0.3 is 0 Å². The molecule has 0 amide bonds. The summed E-state index contributed by atoms with van der Waals surface area (Å²) in [4.78, 5) is 3.99. The van der Waals surface area contributed by atoms with Crippen LogP contribution in [0.2, 0.25) is 15.1 Å². The number of hydrogen-bond acceptors (Lipinski definition) is 2. The van der Waals surface area contributed by atoms with E-state index in [4.69, 9.17) is 46.0 Å². The summed E-state index contributed by atoms with van der Waals surface area (Å²) in [5.74, 6) is 3.46. The number of hydrogen-bond donors (Lipinski definition) is 2. The summed E-state index contributed by atoms with van der Waals surface area (Å²) in [5.41, 5.74) is 0. The molecular formula is C13H14Cl3N3O. The smallest absolute Gasteiger partial charge is 0.191 e. The number of terminal acetylenes is 1. The molecule has 0 heterocycles. The minimum atomic E-state index is 0.359. The van der Waals surface area contributed by atoms with Crippen LogP contribution in [-0.4, -0.2) is 32.7 Å². The second-order valence-electron chi connectivity index (χ2n) is 3.60. The third-order valence-electron chi connectivity index (χ3n) is 2.19. The molecular weight excluding hydrogens is 321 g/mol. The predicted molar refractivity (Wildman–Crippen MR) is 85.2 cm³/mol. The van der Waals surface area contributed by atoms with Crippen LogP contribution < -0.4 is 15.4 Å². The van der Waals surface area contributed by atoms with Gasteiger partial charge in [-0.3, -0.25) is 4.99 Å². The average Bonchev–Trinajstić information content (AvgIpc) is 2.40. The van der Waals surface area contributed by atoms with Crippen LogP contribution in [0.15, 0.2) is 17.1 Å². The van der Waals surface area contributed by atoms with Crippen molar-refractivity contribution < 1.29 is 4.74 Å². The molecule has 0 unspecified atom stereocenters. The van der Waals surface area contributed by atoms with Crippen molar-refractivity contribution in [3.63, 3.8) is 0 Å². The van der Waals surface area contributed by atoms with E-state index < -0.39 is 0 Å². The van der Waals surface area contributed by atoms with Gasteiger partial charge in [0.15, 0.2) is 11.7 Å². The van der Waals surface area contributed by atoms with Crippen LogP contribution in [0, 0.1) is 12.3 Å². The van der Waals surface area contributed by atoms with E-state index in [1.54, 1.807) is 19.2 Å². The molecule has 0 atom stereocenters. The molecule has 0 saturated carbocycles. The first-order valence-electron chi connectivity index (χ1n) is 5.73. The summed E-state index contributed by atoms with van der Waals surface area (Å²) in [5, 5.41) is 7.16. The number of aliphatic imine (C=N–C) groups is 1. The number of halogens is 3. The summed E-state index contributed by atoms with van der Waals surface area (Å²) < 4.78 is 5.51. The van der Waals surface area contributed by atoms with Crippen LogP contribution in [0.25, 0.3) is 0 Å². The van der Waals surface area contributed by atoms with Gasteiger partial charge in [-0.05, 0) is 12.1 Å². The molecule has 1 rings (SSSR count). The number of ether oxygens (including phenoxy) is 1. The van der Waals surface area contributed by atoms with Crippen LogP contribution in [0.4, 0.5) is 0 Å². The lowest BCUT2D eigenvalue weighted by Crippen LogP contribution is -2.39. The van der Waals surface area contributed by atoms with Crippen LogP contribution in [0.1, 0.15) is 0 Å². The molecule has 0 aliphatic carbocycles. The quantitative estimate of drug-likeness (QED) is 0.377. The van der Waals surface area contributed by atoms with Gasteiger partial charge in [0.1, 0.15) is 6.61 Å². The SMILES string of the molecule is C#CCNC(=NC)NCCOc1c(Cl)cc(Cl)cc1Cl. The van der Waals surface area contributed by atoms with E-state index in [0.717, 1.165) is 0 Å². The molecule has 108 valence electrons. The van der Waals surface area contributed by atoms with Gasteiger partial charge in [-0.2, -0.15) is 0 Å². The van der Waals surface area contributed by atoms with Gasteiger partial charge in [0.2, 0.25) is 0 Å². The Kier molecular flexibility index (Phi) is 7.38. The Balaban J connectivity index is 2.44. The lowest BCUT2D eigenvalue weighted by molar-refractivity contribution is 0.322. The summed E-state index contributed by atoms with van der Waals surface area (Å²) in [6, 6.07) is 3.15. The minimum Gasteiger partial charge on any atom is -0.489 e. The van der Waals surface area contributed by atoms with Crippen molar-refractivity contribution in [2.75, 3.05) is 26.7 Å². The maximum absolute atomic E-state index is 6.00. The molecule has 0 bridgehead atoms. The van der Waals surface area contributed by atoms with E-state index in [9.17, 15) is 0 Å². The summed E-state index contributed by atoms with van der Waals surface area (Å²) in [6.07, 6.45) is 5.15. The number of benzene rings is 1. The lowest BCUT2D eigenvalue weighted by atomic mass is 10.3. The largest absolute Gasteiger partial charge is 0.489 e. The maximum atomic E-state index is 6.00. The zero-order valence-electron chi connectivity index (χ0n) is 10.8. The average molecular weight is 335 g/mol. The molecule has 0 aliphatic rings. The molecule has 0 aromatic heterocycles. The van der Waals surface area contributed by atoms with Crippen molar-refractivity contribution >= 4 is 40.8 Å². The molecule has 0 fully saturated rings. The molecule has 1 aromatic rings. The van der Waals surface area contributed by atoms with E-state index >= 15 is 0 Å². The number of nitrogens with one attached hydrogen (secondary N) is 2. The first-order chi connectivity index (χ1) is 9.58. The van der Waals surface area contributed by atoms with Gasteiger partial charge in [-0.15, -0.1) is 6.42 Å². The zero-order valence-corrected chi connectivity index (χ0v) is 13.1. The Morgan fingerprint density at radius 2 is 1.95 bits per heavy atom. The number of rotatable bonds is 5. The normalized spacial score (nSPS) is 10.8. The van der Waals surface area contributed by atoms with Crippen LogP contribution in [-0.2, 0) is 0 Å². The standard InChI is InChI=1S/C13H14Cl3N3O/c1-3-4-18-13(17-2)19-5-6-20-12-10(15)7-9(14)8-11(12)16/h1,7-8H,4-6H2,2H3,(H2,17,18,19). The van der Waals surface area contributed by atoms with E-state index in [1.165, 1.54) is 0 Å². The van der Waals surface area contributed by atoms with Gasteiger partial charge in [0.05, 0.1) is 23.1 Å². The van der Waals surface area contributed by atoms with E-state index in [-0.39, 0.29) is 0 Å². The lowest BCUT2D eigenvalue weighted by Gasteiger charge is -2.12. The molecule has 0 aliphatic heterocycles. The van der Waals surface area contributed by atoms with Gasteiger partial charge in [0.25, 0.3) is 0 Å². The Morgan fingerprint density at radius 1 is 1.30 bits per heavy atom. The third-order valence-corrected chi connectivity index (χ3v) is 2.97. The van der Waals surface area contributed by atoms with E-state index in [1.807, 2.05) is 0 Å². The molecule has 20 heavy (non-hydrogen) atoms. The summed E-state index contributed by atoms with van der Waals surface area (Å²) >= 11 is 17.8. The van der Waals surface area contributed by atoms with Crippen molar-refractivity contribution in [1.29, 1.82) is 0 Å². The summed E-state index contributed by atoms with van der Waals surface area (Å²) in [7, 11) is 1.65. The molecule has 4 nitrogen and oxygen atoms in total. The first-order valence-corrected chi connectivity index (χ1v) is 6.87. The number of guanidine groups is 1. The Hall–Kier alpha value is -1.28. The van der Waals surface area contributed by atoms with E-state index in [2.05, 4.69) is 21.5 Å². The highest BCUT2D eigenvalue weighted by Gasteiger charge is 2.08. The molecule has 7 heteroatoms. The third kappa shape index (κ3) is 5.38.